The van der Waals surface area contributed by atoms with Crippen LogP contribution in [-0.2, 0) is 20.8 Å². The second-order valence-electron chi connectivity index (χ2n) is 10.9. The number of fused-ring (bicyclic) bond motifs is 1. The number of carboxylic acids is 1. The molecule has 0 spiro atoms. The fraction of sp³-hybridized carbons (Fsp3) is 0.147. The normalized spacial score (nSPS) is 22.8. The number of imide groups is 1. The van der Waals surface area contributed by atoms with Gasteiger partial charge in [0.25, 0.3) is 5.69 Å². The van der Waals surface area contributed by atoms with Crippen LogP contribution in [0, 0.1) is 22.0 Å². The lowest BCUT2D eigenvalue weighted by molar-refractivity contribution is -0.384. The molecule has 0 bridgehead atoms. The number of rotatable bonds is 8. The largest absolute Gasteiger partial charge is 0.508 e. The number of carbonyl (C=O) groups is 3. The van der Waals surface area contributed by atoms with Gasteiger partial charge in [-0.2, -0.15) is 0 Å². The molecule has 0 aromatic heterocycles. The van der Waals surface area contributed by atoms with Gasteiger partial charge in [-0.15, -0.1) is 0 Å². The van der Waals surface area contributed by atoms with Crippen LogP contribution in [0.2, 0.25) is 0 Å². The highest BCUT2D eigenvalue weighted by atomic mass is 16.6. The Kier molecular flexibility index (Phi) is 7.28. The van der Waals surface area contributed by atoms with E-state index < -0.39 is 46.1 Å². The van der Waals surface area contributed by atoms with Crippen LogP contribution in [-0.4, -0.2) is 38.5 Å². The molecule has 6 rings (SSSR count). The van der Waals surface area contributed by atoms with Crippen LogP contribution >= 0.6 is 0 Å². The standard InChI is InChI=1S/C34H27N3O7/c38-27-17-13-23(14-18-27)20-34(33(41)42)29-28(31(39)36(32(29)40)25-7-4-8-26(19-25)37(43)44)30(35-34)24-15-11-22(12-16-24)10-9-21-5-2-1-3-6-21/h1-19,28-30,35,38H,20H2,(H,41,42). The highest BCUT2D eigenvalue weighted by molar-refractivity contribution is 6.24. The summed E-state index contributed by atoms with van der Waals surface area (Å²) in [6.45, 7) is 0. The molecule has 4 atom stereocenters. The van der Waals surface area contributed by atoms with Gasteiger partial charge in [0.2, 0.25) is 11.8 Å². The number of aliphatic carboxylic acids is 1. The molecule has 0 saturated carbocycles. The summed E-state index contributed by atoms with van der Waals surface area (Å²) >= 11 is 0. The van der Waals surface area contributed by atoms with Crippen molar-refractivity contribution in [3.63, 3.8) is 0 Å². The summed E-state index contributed by atoms with van der Waals surface area (Å²) in [4.78, 5) is 53.0. The number of non-ortho nitro benzene ring substituents is 1. The Morgan fingerprint density at radius 1 is 0.886 bits per heavy atom. The van der Waals surface area contributed by atoms with E-state index in [1.807, 2.05) is 54.6 Å². The first kappa shape index (κ1) is 28.5. The van der Waals surface area contributed by atoms with Crippen molar-refractivity contribution in [2.24, 2.45) is 11.8 Å². The fourth-order valence-electron chi connectivity index (χ4n) is 6.23. The third-order valence-electron chi connectivity index (χ3n) is 8.32. The zero-order valence-corrected chi connectivity index (χ0v) is 23.2. The monoisotopic (exact) mass is 589 g/mol. The second-order valence-corrected chi connectivity index (χ2v) is 10.9. The van der Waals surface area contributed by atoms with Crippen molar-refractivity contribution in [1.29, 1.82) is 0 Å². The third-order valence-corrected chi connectivity index (χ3v) is 8.32. The molecule has 0 aliphatic carbocycles. The number of phenolic OH excluding ortho intramolecular Hbond substituents is 1. The van der Waals surface area contributed by atoms with E-state index in [0.29, 0.717) is 11.1 Å². The molecule has 2 heterocycles. The van der Waals surface area contributed by atoms with Crippen molar-refractivity contribution in [2.75, 3.05) is 4.90 Å². The number of anilines is 1. The minimum atomic E-state index is -1.89. The molecule has 3 N–H and O–H groups in total. The molecule has 2 aliphatic rings. The Bertz CT molecular complexity index is 1790. The molecular weight excluding hydrogens is 562 g/mol. The van der Waals surface area contributed by atoms with Gasteiger partial charge in [-0.25, -0.2) is 4.90 Å². The molecule has 2 saturated heterocycles. The average Bonchev–Trinajstić information content (AvgIpc) is 3.51. The molecule has 10 nitrogen and oxygen atoms in total. The first-order valence-corrected chi connectivity index (χ1v) is 13.9. The Hall–Kier alpha value is -5.61. The van der Waals surface area contributed by atoms with Crippen molar-refractivity contribution >= 4 is 41.3 Å². The molecule has 4 aromatic rings. The Labute approximate surface area is 252 Å². The number of nitro groups is 1. The number of carboxylic acid groups (broad SMARTS) is 1. The number of hydrogen-bond acceptors (Lipinski definition) is 7. The van der Waals surface area contributed by atoms with E-state index in [0.717, 1.165) is 22.1 Å². The highest BCUT2D eigenvalue weighted by Crippen LogP contribution is 2.51. The number of nitro benzene ring substituents is 1. The first-order valence-electron chi connectivity index (χ1n) is 13.9. The van der Waals surface area contributed by atoms with E-state index in [-0.39, 0.29) is 23.5 Å². The zero-order chi connectivity index (χ0) is 31.0. The number of phenols is 1. The van der Waals surface area contributed by atoms with E-state index in [9.17, 15) is 34.7 Å². The van der Waals surface area contributed by atoms with Gasteiger partial charge >= 0.3 is 5.97 Å². The summed E-state index contributed by atoms with van der Waals surface area (Å²) in [5.41, 5.74) is 0.873. The highest BCUT2D eigenvalue weighted by Gasteiger charge is 2.68. The Morgan fingerprint density at radius 3 is 2.18 bits per heavy atom. The van der Waals surface area contributed by atoms with Gasteiger partial charge in [0.05, 0.1) is 22.4 Å². The second kappa shape index (κ2) is 11.2. The lowest BCUT2D eigenvalue weighted by Gasteiger charge is -2.31. The van der Waals surface area contributed by atoms with E-state index in [1.54, 1.807) is 24.3 Å². The van der Waals surface area contributed by atoms with E-state index in [4.69, 9.17) is 0 Å². The number of benzene rings is 4. The molecule has 0 radical (unpaired) electrons. The maximum Gasteiger partial charge on any atom is 0.325 e. The van der Waals surface area contributed by atoms with Crippen LogP contribution in [0.4, 0.5) is 11.4 Å². The molecule has 4 unspecified atom stereocenters. The lowest BCUT2D eigenvalue weighted by Crippen LogP contribution is -2.57. The van der Waals surface area contributed by atoms with E-state index >= 15 is 0 Å². The van der Waals surface area contributed by atoms with E-state index in [2.05, 4.69) is 5.32 Å². The van der Waals surface area contributed by atoms with Crippen molar-refractivity contribution in [3.05, 3.63) is 135 Å². The van der Waals surface area contributed by atoms with Gasteiger partial charge in [0.15, 0.2) is 0 Å². The SMILES string of the molecule is O=C1C2C(c3ccc(C=Cc4ccccc4)cc3)NC(Cc3ccc(O)cc3)(C(=O)O)C2C(=O)N1c1cccc([N+](=O)[O-])c1. The van der Waals surface area contributed by atoms with Gasteiger partial charge in [-0.3, -0.25) is 29.8 Å². The molecule has 2 amide bonds. The Morgan fingerprint density at radius 2 is 1.55 bits per heavy atom. The summed E-state index contributed by atoms with van der Waals surface area (Å²) in [5, 5.41) is 35.1. The molecule has 2 fully saturated rings. The molecule has 44 heavy (non-hydrogen) atoms. The molecule has 2 aliphatic heterocycles. The van der Waals surface area contributed by atoms with Gasteiger partial charge in [0, 0.05) is 24.6 Å². The molecule has 4 aromatic carbocycles. The number of nitrogens with one attached hydrogen (secondary N) is 1. The van der Waals surface area contributed by atoms with Crippen molar-refractivity contribution in [1.82, 2.24) is 5.32 Å². The number of aromatic hydroxyl groups is 1. The van der Waals surface area contributed by atoms with Crippen LogP contribution in [0.3, 0.4) is 0 Å². The van der Waals surface area contributed by atoms with Crippen LogP contribution in [0.25, 0.3) is 12.2 Å². The summed E-state index contributed by atoms with van der Waals surface area (Å²) in [6, 6.07) is 27.4. The molecular formula is C34H27N3O7. The summed E-state index contributed by atoms with van der Waals surface area (Å²) in [6.07, 6.45) is 3.74. The Balaban J connectivity index is 1.41. The molecule has 10 heteroatoms. The fourth-order valence-corrected chi connectivity index (χ4v) is 6.23. The van der Waals surface area contributed by atoms with Gasteiger partial charge in [-0.1, -0.05) is 84.9 Å². The maximum atomic E-state index is 14.1. The van der Waals surface area contributed by atoms with Crippen LogP contribution in [0.1, 0.15) is 28.3 Å². The lowest BCUT2D eigenvalue weighted by atomic mass is 9.76. The summed E-state index contributed by atoms with van der Waals surface area (Å²) in [5.74, 6) is -5.12. The summed E-state index contributed by atoms with van der Waals surface area (Å²) in [7, 11) is 0. The number of hydrogen-bond donors (Lipinski definition) is 3. The van der Waals surface area contributed by atoms with Gasteiger partial charge < -0.3 is 10.2 Å². The first-order chi connectivity index (χ1) is 21.2. The van der Waals surface area contributed by atoms with Crippen molar-refractivity contribution in [2.45, 2.75) is 18.0 Å². The van der Waals surface area contributed by atoms with Crippen LogP contribution in [0.5, 0.6) is 5.75 Å². The van der Waals surface area contributed by atoms with Crippen molar-refractivity contribution < 1.29 is 29.5 Å². The van der Waals surface area contributed by atoms with Gasteiger partial charge in [-0.05, 0) is 40.5 Å². The predicted octanol–water partition coefficient (Wildman–Crippen LogP) is 4.99. The van der Waals surface area contributed by atoms with Gasteiger partial charge in [0.1, 0.15) is 11.3 Å². The quantitative estimate of drug-likeness (QED) is 0.113. The van der Waals surface area contributed by atoms with Crippen LogP contribution < -0.4 is 10.2 Å². The maximum absolute atomic E-state index is 14.1. The number of amides is 2. The van der Waals surface area contributed by atoms with E-state index in [1.165, 1.54) is 30.3 Å². The predicted molar refractivity (Wildman–Crippen MR) is 162 cm³/mol. The van der Waals surface area contributed by atoms with Crippen molar-refractivity contribution in [3.8, 4) is 5.75 Å². The average molecular weight is 590 g/mol. The minimum Gasteiger partial charge on any atom is -0.508 e. The number of nitrogens with zero attached hydrogens (tertiary/aromatic N) is 2. The minimum absolute atomic E-state index is 0.00127. The van der Waals surface area contributed by atoms with Crippen LogP contribution in [0.15, 0.2) is 103 Å². The zero-order valence-electron chi connectivity index (χ0n) is 23.2. The number of carbonyl (C=O) groups excluding carboxylic acids is 2. The molecule has 220 valence electrons. The summed E-state index contributed by atoms with van der Waals surface area (Å²) < 4.78 is 0. The topological polar surface area (TPSA) is 150 Å². The third kappa shape index (κ3) is 5.01. The smallest absolute Gasteiger partial charge is 0.325 e.